The van der Waals surface area contributed by atoms with E-state index in [9.17, 15) is 4.79 Å². The molecule has 0 saturated carbocycles. The van der Waals surface area contributed by atoms with E-state index in [0.717, 1.165) is 59.5 Å². The first kappa shape index (κ1) is 19.1. The monoisotopic (exact) mass is 440 g/mol. The van der Waals surface area contributed by atoms with E-state index in [1.54, 1.807) is 0 Å². The molecule has 0 radical (unpaired) electrons. The Morgan fingerprint density at radius 2 is 1.93 bits per heavy atom. The third-order valence-corrected chi connectivity index (χ3v) is 5.54. The van der Waals surface area contributed by atoms with Gasteiger partial charge in [-0.15, -0.1) is 0 Å². The number of ether oxygens (including phenoxy) is 1. The number of hydrogen-bond acceptors (Lipinski definition) is 3. The van der Waals surface area contributed by atoms with Gasteiger partial charge in [0.2, 0.25) is 0 Å². The fraction of sp³-hybridized carbons (Fsp3) is 0.273. The number of rotatable bonds is 5. The van der Waals surface area contributed by atoms with Crippen LogP contribution < -0.4 is 10.2 Å². The summed E-state index contributed by atoms with van der Waals surface area (Å²) in [5.74, 6) is -0.0532. The summed E-state index contributed by atoms with van der Waals surface area (Å²) < 4.78 is 6.38. The lowest BCUT2D eigenvalue weighted by Gasteiger charge is -2.23. The normalized spacial score (nSPS) is 14.9. The molecular formula is C22H23BrN3O2+. The van der Waals surface area contributed by atoms with Gasteiger partial charge in [-0.3, -0.25) is 4.79 Å². The number of pyridine rings is 1. The molecule has 3 aromatic rings. The Labute approximate surface area is 172 Å². The van der Waals surface area contributed by atoms with Crippen LogP contribution in [0.1, 0.15) is 10.4 Å². The van der Waals surface area contributed by atoms with Crippen LogP contribution in [0, 0.1) is 0 Å². The number of morpholine rings is 1. The Morgan fingerprint density at radius 1 is 1.11 bits per heavy atom. The number of aromatic nitrogens is 1. The van der Waals surface area contributed by atoms with Crippen molar-refractivity contribution in [2.75, 3.05) is 39.4 Å². The van der Waals surface area contributed by atoms with Gasteiger partial charge in [0.1, 0.15) is 13.1 Å². The molecule has 0 bridgehead atoms. The zero-order valence-electron chi connectivity index (χ0n) is 15.6. The van der Waals surface area contributed by atoms with Crippen LogP contribution in [0.4, 0.5) is 0 Å². The largest absolute Gasteiger partial charge is 0.370 e. The molecule has 1 aliphatic heterocycles. The number of halogens is 1. The van der Waals surface area contributed by atoms with E-state index in [1.807, 2.05) is 54.6 Å². The van der Waals surface area contributed by atoms with Crippen molar-refractivity contribution in [1.82, 2.24) is 10.3 Å². The number of benzene rings is 2. The van der Waals surface area contributed by atoms with Gasteiger partial charge < -0.3 is 15.0 Å². The first-order chi connectivity index (χ1) is 13.7. The second-order valence-corrected chi connectivity index (χ2v) is 7.87. The number of para-hydroxylation sites is 1. The lowest BCUT2D eigenvalue weighted by Crippen LogP contribution is -3.14. The summed E-state index contributed by atoms with van der Waals surface area (Å²) in [6.07, 6.45) is 0. The molecule has 1 amide bonds. The molecule has 0 aliphatic carbocycles. The summed E-state index contributed by atoms with van der Waals surface area (Å²) in [5, 5.41) is 3.96. The Morgan fingerprint density at radius 3 is 2.75 bits per heavy atom. The second-order valence-electron chi connectivity index (χ2n) is 6.95. The summed E-state index contributed by atoms with van der Waals surface area (Å²) in [5.41, 5.74) is 3.26. The predicted octanol–water partition coefficient (Wildman–Crippen LogP) is 2.31. The number of nitrogens with one attached hydrogen (secondary N) is 2. The van der Waals surface area contributed by atoms with Gasteiger partial charge >= 0.3 is 0 Å². The molecule has 2 N–H and O–H groups in total. The Kier molecular flexibility index (Phi) is 6.00. The van der Waals surface area contributed by atoms with E-state index in [1.165, 1.54) is 4.90 Å². The molecule has 2 aromatic carbocycles. The van der Waals surface area contributed by atoms with Gasteiger partial charge in [-0.25, -0.2) is 4.98 Å². The summed E-state index contributed by atoms with van der Waals surface area (Å²) in [6, 6.07) is 17.7. The van der Waals surface area contributed by atoms with Crippen molar-refractivity contribution < 1.29 is 14.4 Å². The molecule has 1 aromatic heterocycles. The van der Waals surface area contributed by atoms with Gasteiger partial charge in [0.05, 0.1) is 43.1 Å². The molecule has 6 heteroatoms. The van der Waals surface area contributed by atoms with Crippen molar-refractivity contribution in [3.05, 3.63) is 64.6 Å². The topological polar surface area (TPSA) is 55.7 Å². The van der Waals surface area contributed by atoms with Gasteiger partial charge in [0.25, 0.3) is 5.91 Å². The SMILES string of the molecule is O=C(NCC[NH+]1CCOCC1)c1cc(-c2cccc(Br)c2)nc2ccccc12. The van der Waals surface area contributed by atoms with E-state index in [4.69, 9.17) is 9.72 Å². The van der Waals surface area contributed by atoms with Crippen molar-refractivity contribution in [1.29, 1.82) is 0 Å². The number of nitrogens with zero attached hydrogens (tertiary/aromatic N) is 1. The maximum Gasteiger partial charge on any atom is 0.252 e. The summed E-state index contributed by atoms with van der Waals surface area (Å²) in [6.45, 7) is 5.17. The third kappa shape index (κ3) is 4.41. The molecule has 1 fully saturated rings. The molecule has 5 nitrogen and oxygen atoms in total. The van der Waals surface area contributed by atoms with E-state index in [-0.39, 0.29) is 5.91 Å². The van der Waals surface area contributed by atoms with Crippen LogP contribution in [0.15, 0.2) is 59.1 Å². The number of carbonyl (C=O) groups excluding carboxylic acids is 1. The highest BCUT2D eigenvalue weighted by Gasteiger charge is 2.16. The van der Waals surface area contributed by atoms with Gasteiger partial charge in [-0.1, -0.05) is 46.3 Å². The minimum Gasteiger partial charge on any atom is -0.370 e. The van der Waals surface area contributed by atoms with Gasteiger partial charge in [-0.05, 0) is 24.3 Å². The fourth-order valence-corrected chi connectivity index (χ4v) is 3.92. The van der Waals surface area contributed by atoms with E-state index in [2.05, 4.69) is 21.2 Å². The molecule has 4 rings (SSSR count). The van der Waals surface area contributed by atoms with Gasteiger partial charge in [0.15, 0.2) is 0 Å². The van der Waals surface area contributed by atoms with Crippen molar-refractivity contribution in [2.45, 2.75) is 0 Å². The minimum atomic E-state index is -0.0532. The first-order valence-electron chi connectivity index (χ1n) is 9.56. The molecule has 28 heavy (non-hydrogen) atoms. The van der Waals surface area contributed by atoms with Crippen LogP contribution in [-0.4, -0.2) is 50.3 Å². The Bertz CT molecular complexity index is 986. The molecule has 0 atom stereocenters. The van der Waals surface area contributed by atoms with Gasteiger partial charge in [-0.2, -0.15) is 0 Å². The number of hydrogen-bond donors (Lipinski definition) is 2. The highest BCUT2D eigenvalue weighted by Crippen LogP contribution is 2.26. The average molecular weight is 441 g/mol. The number of fused-ring (bicyclic) bond motifs is 1. The van der Waals surface area contributed by atoms with Crippen molar-refractivity contribution in [3.8, 4) is 11.3 Å². The smallest absolute Gasteiger partial charge is 0.252 e. The quantitative estimate of drug-likeness (QED) is 0.639. The van der Waals surface area contributed by atoms with Crippen LogP contribution in [-0.2, 0) is 4.74 Å². The zero-order chi connectivity index (χ0) is 19.3. The molecule has 1 saturated heterocycles. The van der Waals surface area contributed by atoms with Crippen molar-refractivity contribution in [2.24, 2.45) is 0 Å². The summed E-state index contributed by atoms with van der Waals surface area (Å²) >= 11 is 3.51. The number of amides is 1. The highest BCUT2D eigenvalue weighted by molar-refractivity contribution is 9.10. The molecule has 0 unspecified atom stereocenters. The maximum atomic E-state index is 13.0. The molecule has 2 heterocycles. The maximum absolute atomic E-state index is 13.0. The highest BCUT2D eigenvalue weighted by atomic mass is 79.9. The Hall–Kier alpha value is -2.28. The fourth-order valence-electron chi connectivity index (χ4n) is 3.52. The number of carbonyl (C=O) groups is 1. The number of quaternary nitrogens is 1. The first-order valence-corrected chi connectivity index (χ1v) is 10.4. The zero-order valence-corrected chi connectivity index (χ0v) is 17.2. The van der Waals surface area contributed by atoms with Crippen molar-refractivity contribution >= 4 is 32.7 Å². The van der Waals surface area contributed by atoms with Gasteiger partial charge in [0, 0.05) is 15.4 Å². The summed E-state index contributed by atoms with van der Waals surface area (Å²) in [4.78, 5) is 19.2. The van der Waals surface area contributed by atoms with E-state index >= 15 is 0 Å². The average Bonchev–Trinajstić information content (AvgIpc) is 2.73. The van der Waals surface area contributed by atoms with E-state index in [0.29, 0.717) is 12.1 Å². The summed E-state index contributed by atoms with van der Waals surface area (Å²) in [7, 11) is 0. The second kappa shape index (κ2) is 8.82. The molecule has 144 valence electrons. The van der Waals surface area contributed by atoms with Crippen LogP contribution >= 0.6 is 15.9 Å². The van der Waals surface area contributed by atoms with Crippen LogP contribution in [0.5, 0.6) is 0 Å². The van der Waals surface area contributed by atoms with Crippen LogP contribution in [0.25, 0.3) is 22.2 Å². The predicted molar refractivity (Wildman–Crippen MR) is 114 cm³/mol. The lowest BCUT2D eigenvalue weighted by molar-refractivity contribution is -0.906. The standard InChI is InChI=1S/C22H22BrN3O2/c23-17-5-3-4-16(14-17)21-15-19(18-6-1-2-7-20(18)25-21)22(27)24-8-9-26-10-12-28-13-11-26/h1-7,14-15H,8-13H2,(H,24,27)/p+1. The molecule has 1 aliphatic rings. The third-order valence-electron chi connectivity index (χ3n) is 5.05. The Balaban J connectivity index is 1.58. The van der Waals surface area contributed by atoms with Crippen LogP contribution in [0.2, 0.25) is 0 Å². The lowest BCUT2D eigenvalue weighted by atomic mass is 10.0. The molecular weight excluding hydrogens is 418 g/mol. The van der Waals surface area contributed by atoms with E-state index < -0.39 is 0 Å². The van der Waals surface area contributed by atoms with Crippen LogP contribution in [0.3, 0.4) is 0 Å². The van der Waals surface area contributed by atoms with Crippen molar-refractivity contribution in [3.63, 3.8) is 0 Å². The minimum absolute atomic E-state index is 0.0532. The molecule has 0 spiro atoms.